The van der Waals surface area contributed by atoms with Crippen LogP contribution in [0.5, 0.6) is 11.6 Å². The smallest absolute Gasteiger partial charge is 0.280 e. The summed E-state index contributed by atoms with van der Waals surface area (Å²) in [6.07, 6.45) is 4.13. The number of nitrogens with two attached hydrogens (primary N) is 1. The molecule has 14 heteroatoms. The van der Waals surface area contributed by atoms with E-state index in [1.54, 1.807) is 35.4 Å². The molecule has 0 aliphatic carbocycles. The Hall–Kier alpha value is -5.11. The van der Waals surface area contributed by atoms with E-state index in [0.717, 1.165) is 21.8 Å². The van der Waals surface area contributed by atoms with Gasteiger partial charge >= 0.3 is 0 Å². The van der Waals surface area contributed by atoms with Gasteiger partial charge in [-0.2, -0.15) is 0 Å². The topological polar surface area (TPSA) is 157 Å². The number of halogens is 1. The van der Waals surface area contributed by atoms with Crippen molar-refractivity contribution in [1.82, 2.24) is 29.3 Å². The first kappa shape index (κ1) is 36.3. The number of anilines is 1. The third-order valence-corrected chi connectivity index (χ3v) is 11.6. The number of likely N-dealkylation sites (tertiary alicyclic amines) is 2. The third kappa shape index (κ3) is 7.82. The van der Waals surface area contributed by atoms with Crippen LogP contribution in [-0.2, 0) is 11.3 Å². The largest absolute Gasteiger partial charge is 0.437 e. The van der Waals surface area contributed by atoms with Crippen molar-refractivity contribution in [1.29, 1.82) is 0 Å². The number of carbonyl (C=O) groups excluding carboxylic acids is 2. The van der Waals surface area contributed by atoms with Crippen molar-refractivity contribution >= 4 is 40.4 Å². The number of aliphatic hydroxyl groups is 1. The first-order chi connectivity index (χ1) is 25.5. The van der Waals surface area contributed by atoms with Crippen LogP contribution in [0.15, 0.2) is 84.0 Å². The summed E-state index contributed by atoms with van der Waals surface area (Å²) in [7, 11) is 0. The number of amides is 2. The number of rotatable bonds is 8. The molecule has 5 aromatic rings. The maximum atomic E-state index is 14.2. The number of hydrogen-bond donors (Lipinski definition) is 2. The van der Waals surface area contributed by atoms with Crippen LogP contribution >= 0.6 is 22.9 Å². The number of nitrogens with zero attached hydrogens (tertiary/aromatic N) is 6. The van der Waals surface area contributed by atoms with E-state index < -0.39 is 11.2 Å². The van der Waals surface area contributed by atoms with Gasteiger partial charge in [0.15, 0.2) is 5.69 Å². The van der Waals surface area contributed by atoms with Crippen molar-refractivity contribution in [3.05, 3.63) is 116 Å². The SMILES string of the molecule is Cc1ccc(-c2nc(C)c(C(=O)N3CC[C@@H](C(=O)N4CCC(O)(Cn5cnc(Oc6ccc(Cl)cc6)c(N)c5=O)CC4)[C@H](c4ccccc4)C3)s2)cn1. The summed E-state index contributed by atoms with van der Waals surface area (Å²) in [6, 6.07) is 20.3. The van der Waals surface area contributed by atoms with Crippen LogP contribution in [0.2, 0.25) is 5.02 Å². The second-order valence-electron chi connectivity index (χ2n) is 13.8. The molecule has 3 N–H and O–H groups in total. The van der Waals surface area contributed by atoms with E-state index in [1.807, 2.05) is 61.2 Å². The lowest BCUT2D eigenvalue weighted by Gasteiger charge is -2.43. The molecule has 3 aromatic heterocycles. The molecule has 0 unspecified atom stereocenters. The number of hydrogen-bond acceptors (Lipinski definition) is 10. The monoisotopic (exact) mass is 753 g/mol. The molecule has 0 bridgehead atoms. The quantitative estimate of drug-likeness (QED) is 0.203. The zero-order valence-electron chi connectivity index (χ0n) is 29.4. The molecular weight excluding hydrogens is 714 g/mol. The lowest BCUT2D eigenvalue weighted by atomic mass is 9.79. The minimum Gasteiger partial charge on any atom is -0.437 e. The molecule has 274 valence electrons. The number of nitrogen functional groups attached to an aromatic ring is 1. The van der Waals surface area contributed by atoms with E-state index in [-0.39, 0.29) is 54.6 Å². The van der Waals surface area contributed by atoms with Gasteiger partial charge in [0.05, 0.1) is 17.8 Å². The van der Waals surface area contributed by atoms with Crippen molar-refractivity contribution in [2.75, 3.05) is 31.9 Å². The first-order valence-corrected chi connectivity index (χ1v) is 18.7. The highest BCUT2D eigenvalue weighted by molar-refractivity contribution is 7.17. The predicted octanol–water partition coefficient (Wildman–Crippen LogP) is 5.71. The third-order valence-electron chi connectivity index (χ3n) is 10.1. The van der Waals surface area contributed by atoms with Crippen LogP contribution in [0.4, 0.5) is 5.69 Å². The van der Waals surface area contributed by atoms with Crippen molar-refractivity contribution in [3.63, 3.8) is 0 Å². The Kier molecular flexibility index (Phi) is 10.3. The van der Waals surface area contributed by atoms with E-state index in [1.165, 1.54) is 22.2 Å². The maximum absolute atomic E-state index is 14.2. The van der Waals surface area contributed by atoms with Crippen LogP contribution in [-0.4, -0.2) is 78.0 Å². The Balaban J connectivity index is 1.02. The molecule has 2 aliphatic heterocycles. The van der Waals surface area contributed by atoms with Crippen LogP contribution in [0.1, 0.15) is 51.8 Å². The Morgan fingerprint density at radius 1 is 1.00 bits per heavy atom. The standard InChI is InChI=1S/C39H40ClN7O5S/c1-24-8-9-27(20-42-24)35-44-25(2)33(53-35)38(50)46-17-14-30(31(21-46)26-6-4-3-5-7-26)36(48)45-18-15-39(51,16-19-45)22-47-23-43-34(32(41)37(47)49)52-29-12-10-28(40)11-13-29/h3-13,20,23,30-31,51H,14-19,21-22,41H2,1-2H3/t30-,31+/m1/s1. The molecule has 2 atom stereocenters. The molecule has 2 aromatic carbocycles. The van der Waals surface area contributed by atoms with E-state index >= 15 is 0 Å². The van der Waals surface area contributed by atoms with Gasteiger partial charge in [-0.25, -0.2) is 9.97 Å². The van der Waals surface area contributed by atoms with Gasteiger partial charge in [0.1, 0.15) is 22.0 Å². The fraction of sp³-hybridized carbons (Fsp3) is 0.333. The molecule has 12 nitrogen and oxygen atoms in total. The molecular formula is C39H40ClN7O5S. The molecule has 2 aliphatic rings. The molecule has 0 radical (unpaired) electrons. The molecule has 53 heavy (non-hydrogen) atoms. The number of benzene rings is 2. The van der Waals surface area contributed by atoms with Crippen LogP contribution in [0.25, 0.3) is 10.6 Å². The highest BCUT2D eigenvalue weighted by atomic mass is 35.5. The van der Waals surface area contributed by atoms with Crippen molar-refractivity contribution < 1.29 is 19.4 Å². The van der Waals surface area contributed by atoms with Gasteiger partial charge in [0.25, 0.3) is 11.5 Å². The lowest BCUT2D eigenvalue weighted by molar-refractivity contribution is -0.142. The number of piperidine rings is 2. The van der Waals surface area contributed by atoms with Gasteiger partial charge < -0.3 is 25.4 Å². The number of ether oxygens (including phenoxy) is 1. The summed E-state index contributed by atoms with van der Waals surface area (Å²) >= 11 is 7.31. The fourth-order valence-electron chi connectivity index (χ4n) is 7.08. The molecule has 2 saturated heterocycles. The van der Waals surface area contributed by atoms with Crippen LogP contribution < -0.4 is 16.0 Å². The highest BCUT2D eigenvalue weighted by Crippen LogP contribution is 2.37. The van der Waals surface area contributed by atoms with Gasteiger partial charge in [0.2, 0.25) is 11.8 Å². The molecule has 5 heterocycles. The summed E-state index contributed by atoms with van der Waals surface area (Å²) in [5, 5.41) is 12.8. The average molecular weight is 754 g/mol. The van der Waals surface area contributed by atoms with Gasteiger partial charge in [-0.3, -0.25) is 23.9 Å². The molecule has 7 rings (SSSR count). The number of thiazole rings is 1. The van der Waals surface area contributed by atoms with Gasteiger partial charge in [-0.15, -0.1) is 11.3 Å². The predicted molar refractivity (Wildman–Crippen MR) is 203 cm³/mol. The Bertz CT molecular complexity index is 2170. The lowest BCUT2D eigenvalue weighted by Crippen LogP contribution is -2.53. The zero-order valence-corrected chi connectivity index (χ0v) is 31.0. The maximum Gasteiger partial charge on any atom is 0.280 e. The molecule has 0 spiro atoms. The summed E-state index contributed by atoms with van der Waals surface area (Å²) in [5.74, 6) is -0.248. The summed E-state index contributed by atoms with van der Waals surface area (Å²) in [5.41, 5.74) is 7.60. The molecule has 2 fully saturated rings. The minimum atomic E-state index is -1.25. The summed E-state index contributed by atoms with van der Waals surface area (Å²) < 4.78 is 6.96. The van der Waals surface area contributed by atoms with E-state index in [9.17, 15) is 19.5 Å². The number of aryl methyl sites for hydroxylation is 2. The van der Waals surface area contributed by atoms with Crippen molar-refractivity contribution in [2.45, 2.75) is 51.2 Å². The number of carbonyl (C=O) groups is 2. The zero-order chi connectivity index (χ0) is 37.3. The fourth-order valence-corrected chi connectivity index (χ4v) is 8.23. The summed E-state index contributed by atoms with van der Waals surface area (Å²) in [4.78, 5) is 58.9. The Morgan fingerprint density at radius 3 is 2.43 bits per heavy atom. The Morgan fingerprint density at radius 2 is 1.74 bits per heavy atom. The van der Waals surface area contributed by atoms with Crippen LogP contribution in [0.3, 0.4) is 0 Å². The second-order valence-corrected chi connectivity index (χ2v) is 15.2. The summed E-state index contributed by atoms with van der Waals surface area (Å²) in [6.45, 7) is 5.22. The van der Waals surface area contributed by atoms with Gasteiger partial charge in [-0.05, 0) is 75.1 Å². The average Bonchev–Trinajstić information content (AvgIpc) is 3.56. The Labute approximate surface area is 315 Å². The van der Waals surface area contributed by atoms with Crippen LogP contribution in [0, 0.1) is 19.8 Å². The van der Waals surface area contributed by atoms with E-state index in [2.05, 4.69) is 15.0 Å². The normalized spacial score (nSPS) is 18.5. The minimum absolute atomic E-state index is 0.00269. The molecule has 0 saturated carbocycles. The van der Waals surface area contributed by atoms with Crippen molar-refractivity contribution in [2.24, 2.45) is 5.92 Å². The van der Waals surface area contributed by atoms with Gasteiger partial charge in [0, 0.05) is 60.5 Å². The highest BCUT2D eigenvalue weighted by Gasteiger charge is 2.42. The number of pyridine rings is 1. The van der Waals surface area contributed by atoms with Crippen molar-refractivity contribution in [3.8, 4) is 22.2 Å². The van der Waals surface area contributed by atoms with E-state index in [4.69, 9.17) is 22.1 Å². The van der Waals surface area contributed by atoms with E-state index in [0.29, 0.717) is 53.9 Å². The molecule has 2 amide bonds. The second kappa shape index (κ2) is 15.1. The number of aromatic nitrogens is 4. The van der Waals surface area contributed by atoms with Gasteiger partial charge in [-0.1, -0.05) is 41.9 Å². The first-order valence-electron chi connectivity index (χ1n) is 17.5.